The van der Waals surface area contributed by atoms with E-state index in [-0.39, 0.29) is 18.6 Å². The highest BCUT2D eigenvalue weighted by Gasteiger charge is 2.19. The second-order valence-electron chi connectivity index (χ2n) is 6.69. The molecule has 0 radical (unpaired) electrons. The summed E-state index contributed by atoms with van der Waals surface area (Å²) < 4.78 is 5.13. The number of Topliss-reactive ketones (excluding diaryl/α,β-unsaturated/α-hetero) is 1. The lowest BCUT2D eigenvalue weighted by atomic mass is 10.0. The summed E-state index contributed by atoms with van der Waals surface area (Å²) in [6.45, 7) is 5.70. The molecule has 5 heteroatoms. The molecule has 0 aliphatic carbocycles. The van der Waals surface area contributed by atoms with E-state index in [4.69, 9.17) is 4.74 Å². The number of benzene rings is 2. The molecule has 2 aromatic rings. The molecule has 0 spiro atoms. The van der Waals surface area contributed by atoms with Crippen molar-refractivity contribution in [1.29, 1.82) is 0 Å². The molecule has 27 heavy (non-hydrogen) atoms. The Hall–Kier alpha value is -2.95. The van der Waals surface area contributed by atoms with Gasteiger partial charge in [-0.25, -0.2) is 0 Å². The molecule has 5 nitrogen and oxygen atoms in total. The molecule has 142 valence electrons. The summed E-state index contributed by atoms with van der Waals surface area (Å²) in [5.74, 6) is -0.699. The van der Waals surface area contributed by atoms with Crippen molar-refractivity contribution in [2.75, 3.05) is 5.32 Å². The molecule has 1 N–H and O–H groups in total. The monoisotopic (exact) mass is 367 g/mol. The number of esters is 1. The minimum atomic E-state index is -0.936. The summed E-state index contributed by atoms with van der Waals surface area (Å²) in [5, 5.41) is 2.72. The van der Waals surface area contributed by atoms with Gasteiger partial charge in [0.1, 0.15) is 0 Å². The van der Waals surface area contributed by atoms with Crippen molar-refractivity contribution in [2.45, 2.75) is 45.6 Å². The number of ketones is 1. The highest BCUT2D eigenvalue weighted by molar-refractivity contribution is 5.98. The van der Waals surface area contributed by atoms with Gasteiger partial charge in [-0.05, 0) is 30.5 Å². The molecule has 0 bridgehead atoms. The molecular weight excluding hydrogens is 342 g/mol. The summed E-state index contributed by atoms with van der Waals surface area (Å²) in [4.78, 5) is 36.1. The standard InChI is InChI=1S/C22H25NO4/c1-15(2)17-9-11-19(12-10-17)23-22(26)16(3)27-21(25)14-13-20(24)18-7-5-4-6-8-18/h4-12,15-16H,13-14H2,1-3H3,(H,23,26)/t16-/m1/s1. The fourth-order valence-electron chi connectivity index (χ4n) is 2.49. The molecule has 0 saturated heterocycles. The first-order valence-corrected chi connectivity index (χ1v) is 9.05. The fraction of sp³-hybridized carbons (Fsp3) is 0.318. The van der Waals surface area contributed by atoms with E-state index in [1.807, 2.05) is 30.3 Å². The van der Waals surface area contributed by atoms with Crippen LogP contribution in [0, 0.1) is 0 Å². The molecular formula is C22H25NO4. The van der Waals surface area contributed by atoms with Crippen LogP contribution in [0.1, 0.15) is 55.5 Å². The van der Waals surface area contributed by atoms with Crippen molar-refractivity contribution < 1.29 is 19.1 Å². The Labute approximate surface area is 159 Å². The number of rotatable bonds is 8. The van der Waals surface area contributed by atoms with Crippen LogP contribution in [0.3, 0.4) is 0 Å². The van der Waals surface area contributed by atoms with Crippen LogP contribution in [0.25, 0.3) is 0 Å². The van der Waals surface area contributed by atoms with E-state index in [0.717, 1.165) is 0 Å². The molecule has 0 fully saturated rings. The van der Waals surface area contributed by atoms with Crippen LogP contribution in [0.15, 0.2) is 54.6 Å². The lowest BCUT2D eigenvalue weighted by molar-refractivity contribution is -0.153. The minimum Gasteiger partial charge on any atom is -0.453 e. The van der Waals surface area contributed by atoms with Crippen LogP contribution in [0.2, 0.25) is 0 Å². The summed E-state index contributed by atoms with van der Waals surface area (Å²) in [6.07, 6.45) is -0.948. The number of ether oxygens (including phenoxy) is 1. The molecule has 0 aliphatic heterocycles. The molecule has 0 unspecified atom stereocenters. The Balaban J connectivity index is 1.79. The summed E-state index contributed by atoms with van der Waals surface area (Å²) >= 11 is 0. The Morgan fingerprint density at radius 2 is 1.52 bits per heavy atom. The van der Waals surface area contributed by atoms with E-state index in [9.17, 15) is 14.4 Å². The average molecular weight is 367 g/mol. The largest absolute Gasteiger partial charge is 0.453 e. The van der Waals surface area contributed by atoms with Gasteiger partial charge in [0.05, 0.1) is 6.42 Å². The van der Waals surface area contributed by atoms with Crippen LogP contribution in [-0.2, 0) is 14.3 Å². The molecule has 0 heterocycles. The van der Waals surface area contributed by atoms with Gasteiger partial charge in [-0.2, -0.15) is 0 Å². The molecule has 1 amide bonds. The molecule has 0 aliphatic rings. The van der Waals surface area contributed by atoms with Gasteiger partial charge >= 0.3 is 5.97 Å². The summed E-state index contributed by atoms with van der Waals surface area (Å²) in [6, 6.07) is 16.3. The predicted molar refractivity (Wildman–Crippen MR) is 105 cm³/mol. The third-order valence-electron chi connectivity index (χ3n) is 4.17. The van der Waals surface area contributed by atoms with Gasteiger partial charge in [0.15, 0.2) is 11.9 Å². The number of amides is 1. The topological polar surface area (TPSA) is 72.5 Å². The van der Waals surface area contributed by atoms with Crippen LogP contribution >= 0.6 is 0 Å². The number of carbonyl (C=O) groups excluding carboxylic acids is 3. The Morgan fingerprint density at radius 3 is 2.11 bits per heavy atom. The predicted octanol–water partition coefficient (Wildman–Crippen LogP) is 4.34. The second kappa shape index (κ2) is 9.67. The van der Waals surface area contributed by atoms with Crippen molar-refractivity contribution in [3.63, 3.8) is 0 Å². The van der Waals surface area contributed by atoms with E-state index in [0.29, 0.717) is 17.2 Å². The maximum atomic E-state index is 12.2. The average Bonchev–Trinajstić information content (AvgIpc) is 2.67. The van der Waals surface area contributed by atoms with Crippen LogP contribution in [-0.4, -0.2) is 23.8 Å². The maximum Gasteiger partial charge on any atom is 0.307 e. The first-order valence-electron chi connectivity index (χ1n) is 9.05. The van der Waals surface area contributed by atoms with Gasteiger partial charge in [-0.15, -0.1) is 0 Å². The van der Waals surface area contributed by atoms with Crippen LogP contribution in [0.4, 0.5) is 5.69 Å². The van der Waals surface area contributed by atoms with Gasteiger partial charge < -0.3 is 10.1 Å². The van der Waals surface area contributed by atoms with Crippen molar-refractivity contribution in [3.05, 3.63) is 65.7 Å². The van der Waals surface area contributed by atoms with E-state index >= 15 is 0 Å². The molecule has 2 rings (SSSR count). The smallest absolute Gasteiger partial charge is 0.307 e. The second-order valence-corrected chi connectivity index (χ2v) is 6.69. The zero-order chi connectivity index (χ0) is 19.8. The minimum absolute atomic E-state index is 0.0495. The van der Waals surface area contributed by atoms with Crippen molar-refractivity contribution in [2.24, 2.45) is 0 Å². The summed E-state index contributed by atoms with van der Waals surface area (Å²) in [5.41, 5.74) is 2.38. The zero-order valence-electron chi connectivity index (χ0n) is 15.9. The lowest BCUT2D eigenvalue weighted by Crippen LogP contribution is -2.30. The lowest BCUT2D eigenvalue weighted by Gasteiger charge is -2.14. The normalized spacial score (nSPS) is 11.7. The van der Waals surface area contributed by atoms with Gasteiger partial charge in [-0.1, -0.05) is 56.3 Å². The maximum absolute atomic E-state index is 12.2. The number of carbonyl (C=O) groups is 3. The highest BCUT2D eigenvalue weighted by Crippen LogP contribution is 2.17. The first-order chi connectivity index (χ1) is 12.9. The Morgan fingerprint density at radius 1 is 0.889 bits per heavy atom. The van der Waals surface area contributed by atoms with Crippen molar-refractivity contribution >= 4 is 23.3 Å². The van der Waals surface area contributed by atoms with Crippen LogP contribution < -0.4 is 5.32 Å². The van der Waals surface area contributed by atoms with Crippen molar-refractivity contribution in [3.8, 4) is 0 Å². The van der Waals surface area contributed by atoms with Crippen LogP contribution in [0.5, 0.6) is 0 Å². The molecule has 1 atom stereocenters. The number of anilines is 1. The third kappa shape index (κ3) is 6.37. The van der Waals surface area contributed by atoms with E-state index < -0.39 is 18.0 Å². The van der Waals surface area contributed by atoms with Gasteiger partial charge in [0.2, 0.25) is 0 Å². The van der Waals surface area contributed by atoms with Gasteiger partial charge in [-0.3, -0.25) is 14.4 Å². The molecule has 0 aromatic heterocycles. The number of nitrogens with one attached hydrogen (secondary N) is 1. The van der Waals surface area contributed by atoms with Gasteiger partial charge in [0.25, 0.3) is 5.91 Å². The zero-order valence-corrected chi connectivity index (χ0v) is 15.9. The highest BCUT2D eigenvalue weighted by atomic mass is 16.5. The fourth-order valence-corrected chi connectivity index (χ4v) is 2.49. The molecule has 0 saturated carbocycles. The van der Waals surface area contributed by atoms with E-state index in [1.54, 1.807) is 24.3 Å². The van der Waals surface area contributed by atoms with E-state index in [2.05, 4.69) is 19.2 Å². The quantitative estimate of drug-likeness (QED) is 0.556. The Kier molecular flexibility index (Phi) is 7.29. The SMILES string of the molecule is CC(C)c1ccc(NC(=O)[C@@H](C)OC(=O)CCC(=O)c2ccccc2)cc1. The van der Waals surface area contributed by atoms with Crippen molar-refractivity contribution in [1.82, 2.24) is 0 Å². The van der Waals surface area contributed by atoms with E-state index in [1.165, 1.54) is 12.5 Å². The number of hydrogen-bond acceptors (Lipinski definition) is 4. The van der Waals surface area contributed by atoms with Gasteiger partial charge in [0, 0.05) is 17.7 Å². The summed E-state index contributed by atoms with van der Waals surface area (Å²) in [7, 11) is 0. The third-order valence-corrected chi connectivity index (χ3v) is 4.17. The first kappa shape index (κ1) is 20.4. The molecule has 2 aromatic carbocycles. The Bertz CT molecular complexity index is 782. The number of hydrogen-bond donors (Lipinski definition) is 1.